The van der Waals surface area contributed by atoms with Crippen LogP contribution in [0.3, 0.4) is 0 Å². The Morgan fingerprint density at radius 1 is 0.933 bits per heavy atom. The minimum atomic E-state index is -0.765. The Balaban J connectivity index is 1.66. The summed E-state index contributed by atoms with van der Waals surface area (Å²) in [5, 5.41) is 2.92. The number of anilines is 1. The van der Waals surface area contributed by atoms with Crippen molar-refractivity contribution in [3.05, 3.63) is 89.5 Å². The highest BCUT2D eigenvalue weighted by Crippen LogP contribution is 2.34. The highest BCUT2D eigenvalue weighted by Gasteiger charge is 2.37. The molecule has 6 heteroatoms. The van der Waals surface area contributed by atoms with Gasteiger partial charge in [0.05, 0.1) is 14.2 Å². The lowest BCUT2D eigenvalue weighted by molar-refractivity contribution is -0.120. The molecule has 3 aromatic rings. The maximum atomic E-state index is 13.4. The quantitative estimate of drug-likeness (QED) is 0.676. The van der Waals surface area contributed by atoms with Gasteiger partial charge in [-0.05, 0) is 29.3 Å². The molecule has 1 aliphatic rings. The first-order valence-corrected chi connectivity index (χ1v) is 9.59. The number of fused-ring (bicyclic) bond motifs is 1. The summed E-state index contributed by atoms with van der Waals surface area (Å²) in [6.07, 6.45) is 0. The zero-order valence-electron chi connectivity index (χ0n) is 16.8. The maximum Gasteiger partial charge on any atom is 0.255 e. The van der Waals surface area contributed by atoms with Gasteiger partial charge in [-0.1, -0.05) is 48.5 Å². The van der Waals surface area contributed by atoms with E-state index in [9.17, 15) is 9.59 Å². The number of hydrogen-bond acceptors (Lipinski definition) is 4. The number of hydrogen-bond donors (Lipinski definition) is 1. The molecule has 3 aromatic carbocycles. The lowest BCUT2D eigenvalue weighted by Crippen LogP contribution is -2.37. The standard InChI is InChI=1S/C24H22N2O4/c1-29-20-13-12-18(14-21(20)30-2)25-23(27)22(16-8-4-3-5-9-16)26-15-17-10-6-7-11-19(17)24(26)28/h3-14,22H,15H2,1-2H3,(H,25,27)/t22-/m1/s1. The summed E-state index contributed by atoms with van der Waals surface area (Å²) in [7, 11) is 3.09. The molecule has 0 spiro atoms. The third kappa shape index (κ3) is 3.59. The number of rotatable bonds is 6. The largest absolute Gasteiger partial charge is 0.493 e. The third-order valence-corrected chi connectivity index (χ3v) is 5.18. The van der Waals surface area contributed by atoms with Gasteiger partial charge < -0.3 is 19.7 Å². The van der Waals surface area contributed by atoms with E-state index in [1.54, 1.807) is 36.3 Å². The van der Waals surface area contributed by atoms with Crippen LogP contribution in [0.1, 0.15) is 27.5 Å². The predicted molar refractivity (Wildman–Crippen MR) is 114 cm³/mol. The number of benzene rings is 3. The summed E-state index contributed by atoms with van der Waals surface area (Å²) in [6, 6.07) is 21.2. The van der Waals surface area contributed by atoms with E-state index in [0.717, 1.165) is 11.1 Å². The molecule has 0 bridgehead atoms. The molecule has 0 fully saturated rings. The number of carbonyl (C=O) groups is 2. The van der Waals surface area contributed by atoms with Gasteiger partial charge in [-0.25, -0.2) is 0 Å². The van der Waals surface area contributed by atoms with Crippen LogP contribution in [-0.2, 0) is 11.3 Å². The molecule has 1 heterocycles. The molecule has 2 amide bonds. The Bertz CT molecular complexity index is 1080. The first-order valence-electron chi connectivity index (χ1n) is 9.59. The van der Waals surface area contributed by atoms with Gasteiger partial charge in [0.25, 0.3) is 11.8 Å². The van der Waals surface area contributed by atoms with E-state index in [2.05, 4.69) is 5.32 Å². The molecule has 0 unspecified atom stereocenters. The molecule has 4 rings (SSSR count). The summed E-state index contributed by atoms with van der Waals surface area (Å²) in [4.78, 5) is 28.0. The topological polar surface area (TPSA) is 67.9 Å². The van der Waals surface area contributed by atoms with Crippen LogP contribution >= 0.6 is 0 Å². The Morgan fingerprint density at radius 3 is 2.33 bits per heavy atom. The van der Waals surface area contributed by atoms with Crippen LogP contribution in [0.5, 0.6) is 11.5 Å². The number of ether oxygens (including phenoxy) is 2. The number of nitrogens with zero attached hydrogens (tertiary/aromatic N) is 1. The lowest BCUT2D eigenvalue weighted by Gasteiger charge is -2.27. The van der Waals surface area contributed by atoms with Crippen LogP contribution in [0, 0.1) is 0 Å². The Kier molecular flexibility index (Phi) is 5.39. The Morgan fingerprint density at radius 2 is 1.63 bits per heavy atom. The van der Waals surface area contributed by atoms with Crippen LogP contribution in [0.2, 0.25) is 0 Å². The molecular formula is C24H22N2O4. The van der Waals surface area contributed by atoms with Crippen molar-refractivity contribution in [2.45, 2.75) is 12.6 Å². The maximum absolute atomic E-state index is 13.4. The highest BCUT2D eigenvalue weighted by atomic mass is 16.5. The fourth-order valence-electron chi connectivity index (χ4n) is 3.72. The van der Waals surface area contributed by atoms with E-state index < -0.39 is 6.04 Å². The molecule has 1 N–H and O–H groups in total. The predicted octanol–water partition coefficient (Wildman–Crippen LogP) is 4.04. The second-order valence-electron chi connectivity index (χ2n) is 6.96. The van der Waals surface area contributed by atoms with E-state index in [-0.39, 0.29) is 11.8 Å². The van der Waals surface area contributed by atoms with E-state index in [0.29, 0.717) is 29.3 Å². The fraction of sp³-hybridized carbons (Fsp3) is 0.167. The normalized spacial score (nSPS) is 13.5. The van der Waals surface area contributed by atoms with E-state index >= 15 is 0 Å². The summed E-state index contributed by atoms with van der Waals surface area (Å²) < 4.78 is 10.6. The lowest BCUT2D eigenvalue weighted by atomic mass is 10.0. The molecule has 152 valence electrons. The zero-order valence-corrected chi connectivity index (χ0v) is 16.8. The number of nitrogens with one attached hydrogen (secondary N) is 1. The van der Waals surface area contributed by atoms with Crippen LogP contribution in [-0.4, -0.2) is 30.9 Å². The van der Waals surface area contributed by atoms with Gasteiger partial charge >= 0.3 is 0 Å². The van der Waals surface area contributed by atoms with E-state index in [1.807, 2.05) is 48.5 Å². The van der Waals surface area contributed by atoms with E-state index in [4.69, 9.17) is 9.47 Å². The molecule has 1 aliphatic heterocycles. The summed E-state index contributed by atoms with van der Waals surface area (Å²) in [5.74, 6) is 0.632. The van der Waals surface area contributed by atoms with Crippen molar-refractivity contribution in [1.82, 2.24) is 4.90 Å². The number of methoxy groups -OCH3 is 2. The molecule has 0 aromatic heterocycles. The van der Waals surface area contributed by atoms with Crippen molar-refractivity contribution in [2.75, 3.05) is 19.5 Å². The first kappa shape index (κ1) is 19.5. The van der Waals surface area contributed by atoms with Crippen molar-refractivity contribution in [3.63, 3.8) is 0 Å². The molecule has 0 aliphatic carbocycles. The molecule has 0 saturated heterocycles. The Hall–Kier alpha value is -3.80. The molecule has 0 saturated carbocycles. The van der Waals surface area contributed by atoms with Crippen LogP contribution in [0.15, 0.2) is 72.8 Å². The van der Waals surface area contributed by atoms with Gasteiger partial charge in [-0.3, -0.25) is 9.59 Å². The second-order valence-corrected chi connectivity index (χ2v) is 6.96. The zero-order chi connectivity index (χ0) is 21.1. The minimum Gasteiger partial charge on any atom is -0.493 e. The average molecular weight is 402 g/mol. The van der Waals surface area contributed by atoms with Crippen molar-refractivity contribution < 1.29 is 19.1 Å². The van der Waals surface area contributed by atoms with Crippen LogP contribution in [0.4, 0.5) is 5.69 Å². The summed E-state index contributed by atoms with van der Waals surface area (Å²) in [6.45, 7) is 0.383. The summed E-state index contributed by atoms with van der Waals surface area (Å²) in [5.41, 5.74) is 2.86. The molecule has 6 nitrogen and oxygen atoms in total. The van der Waals surface area contributed by atoms with Crippen LogP contribution in [0.25, 0.3) is 0 Å². The SMILES string of the molecule is COc1ccc(NC(=O)[C@@H](c2ccccc2)N2Cc3ccccc3C2=O)cc1OC. The van der Waals surface area contributed by atoms with Gasteiger partial charge in [0.15, 0.2) is 11.5 Å². The number of carbonyl (C=O) groups excluding carboxylic acids is 2. The monoisotopic (exact) mass is 402 g/mol. The van der Waals surface area contributed by atoms with Crippen LogP contribution < -0.4 is 14.8 Å². The van der Waals surface area contributed by atoms with Crippen molar-refractivity contribution >= 4 is 17.5 Å². The second kappa shape index (κ2) is 8.29. The van der Waals surface area contributed by atoms with Gasteiger partial charge in [0.2, 0.25) is 0 Å². The van der Waals surface area contributed by atoms with Gasteiger partial charge in [0, 0.05) is 23.9 Å². The highest BCUT2D eigenvalue weighted by molar-refractivity contribution is 6.04. The first-order chi connectivity index (χ1) is 14.6. The molecule has 0 radical (unpaired) electrons. The summed E-state index contributed by atoms with van der Waals surface area (Å²) >= 11 is 0. The van der Waals surface area contributed by atoms with Gasteiger partial charge in [-0.2, -0.15) is 0 Å². The van der Waals surface area contributed by atoms with Gasteiger partial charge in [0.1, 0.15) is 6.04 Å². The average Bonchev–Trinajstić information content (AvgIpc) is 3.11. The minimum absolute atomic E-state index is 0.151. The third-order valence-electron chi connectivity index (χ3n) is 5.18. The molecule has 1 atom stereocenters. The number of amides is 2. The van der Waals surface area contributed by atoms with Crippen molar-refractivity contribution in [3.8, 4) is 11.5 Å². The Labute approximate surface area is 175 Å². The smallest absolute Gasteiger partial charge is 0.255 e. The van der Waals surface area contributed by atoms with Crippen molar-refractivity contribution in [1.29, 1.82) is 0 Å². The van der Waals surface area contributed by atoms with Gasteiger partial charge in [-0.15, -0.1) is 0 Å². The van der Waals surface area contributed by atoms with Crippen molar-refractivity contribution in [2.24, 2.45) is 0 Å². The molecule has 30 heavy (non-hydrogen) atoms. The fourth-order valence-corrected chi connectivity index (χ4v) is 3.72. The van der Waals surface area contributed by atoms with E-state index in [1.165, 1.54) is 7.11 Å². The molecular weight excluding hydrogens is 380 g/mol.